The van der Waals surface area contributed by atoms with Crippen LogP contribution in [0.2, 0.25) is 0 Å². The van der Waals surface area contributed by atoms with Gasteiger partial charge in [0, 0.05) is 12.7 Å². The molecule has 17 heavy (non-hydrogen) atoms. The van der Waals surface area contributed by atoms with Crippen molar-refractivity contribution >= 4 is 5.82 Å². The van der Waals surface area contributed by atoms with E-state index in [1.807, 2.05) is 26.0 Å². The fourth-order valence-corrected chi connectivity index (χ4v) is 1.88. The van der Waals surface area contributed by atoms with Crippen LogP contribution < -0.4 is 10.1 Å². The summed E-state index contributed by atoms with van der Waals surface area (Å²) in [4.78, 5) is 4.25. The Kier molecular flexibility index (Phi) is 3.52. The monoisotopic (exact) mass is 236 g/mol. The van der Waals surface area contributed by atoms with Crippen molar-refractivity contribution in [2.45, 2.75) is 44.8 Å². The van der Waals surface area contributed by atoms with Crippen LogP contribution in [0.15, 0.2) is 18.3 Å². The molecule has 0 atom stereocenters. The second-order valence-electron chi connectivity index (χ2n) is 4.95. The molecule has 4 heteroatoms. The lowest BCUT2D eigenvalue weighted by molar-refractivity contribution is -0.0202. The topological polar surface area (TPSA) is 54.4 Å². The van der Waals surface area contributed by atoms with Crippen molar-refractivity contribution < 1.29 is 9.84 Å². The molecule has 0 amide bonds. The minimum absolute atomic E-state index is 0.117. The summed E-state index contributed by atoms with van der Waals surface area (Å²) in [7, 11) is 0. The number of hydrogen-bond acceptors (Lipinski definition) is 4. The number of nitrogens with zero attached hydrogens (tertiary/aromatic N) is 1. The third kappa shape index (κ3) is 3.09. The molecule has 1 aliphatic rings. The van der Waals surface area contributed by atoms with E-state index < -0.39 is 5.60 Å². The van der Waals surface area contributed by atoms with E-state index in [4.69, 9.17) is 4.74 Å². The Hall–Kier alpha value is -1.29. The van der Waals surface area contributed by atoms with Crippen LogP contribution in [0, 0.1) is 0 Å². The number of aromatic nitrogens is 1. The highest BCUT2D eigenvalue weighted by Crippen LogP contribution is 2.32. The molecule has 1 saturated carbocycles. The summed E-state index contributed by atoms with van der Waals surface area (Å²) in [5.41, 5.74) is -0.549. The molecule has 0 radical (unpaired) electrons. The Balaban J connectivity index is 1.99. The molecule has 1 aromatic heterocycles. The van der Waals surface area contributed by atoms with E-state index in [-0.39, 0.29) is 6.10 Å². The van der Waals surface area contributed by atoms with Crippen LogP contribution >= 0.6 is 0 Å². The van der Waals surface area contributed by atoms with E-state index in [0.29, 0.717) is 12.4 Å². The summed E-state index contributed by atoms with van der Waals surface area (Å²) < 4.78 is 5.66. The SMILES string of the molecule is CC(C)Oc1cccnc1NCC1(O)CCC1. The summed E-state index contributed by atoms with van der Waals surface area (Å²) in [6, 6.07) is 3.74. The lowest BCUT2D eigenvalue weighted by atomic mass is 9.80. The van der Waals surface area contributed by atoms with Crippen LogP contribution in [0.25, 0.3) is 0 Å². The molecule has 2 N–H and O–H groups in total. The lowest BCUT2D eigenvalue weighted by Crippen LogP contribution is -2.43. The molecular weight excluding hydrogens is 216 g/mol. The zero-order chi connectivity index (χ0) is 12.3. The van der Waals surface area contributed by atoms with Gasteiger partial charge in [0.15, 0.2) is 11.6 Å². The van der Waals surface area contributed by atoms with Crippen molar-refractivity contribution in [3.63, 3.8) is 0 Å². The van der Waals surface area contributed by atoms with E-state index in [1.54, 1.807) is 6.20 Å². The number of aliphatic hydroxyl groups is 1. The molecule has 0 aromatic carbocycles. The standard InChI is InChI=1S/C13H20N2O2/c1-10(2)17-11-5-3-8-14-12(11)15-9-13(16)6-4-7-13/h3,5,8,10,16H,4,6-7,9H2,1-2H3,(H,14,15). The zero-order valence-corrected chi connectivity index (χ0v) is 10.4. The van der Waals surface area contributed by atoms with Gasteiger partial charge >= 0.3 is 0 Å². The van der Waals surface area contributed by atoms with E-state index >= 15 is 0 Å². The molecule has 1 fully saturated rings. The molecule has 0 saturated heterocycles. The van der Waals surface area contributed by atoms with E-state index in [2.05, 4.69) is 10.3 Å². The highest BCUT2D eigenvalue weighted by molar-refractivity contribution is 5.49. The number of rotatable bonds is 5. The van der Waals surface area contributed by atoms with Crippen molar-refractivity contribution in [3.05, 3.63) is 18.3 Å². The fraction of sp³-hybridized carbons (Fsp3) is 0.615. The first-order chi connectivity index (χ1) is 8.09. The van der Waals surface area contributed by atoms with E-state index in [0.717, 1.165) is 25.0 Å². The fourth-order valence-electron chi connectivity index (χ4n) is 1.88. The average molecular weight is 236 g/mol. The van der Waals surface area contributed by atoms with Crippen LogP contribution in [-0.2, 0) is 0 Å². The maximum Gasteiger partial charge on any atom is 0.168 e. The number of pyridine rings is 1. The molecule has 0 spiro atoms. The van der Waals surface area contributed by atoms with Gasteiger partial charge in [-0.3, -0.25) is 0 Å². The predicted octanol–water partition coefficient (Wildman–Crippen LogP) is 2.20. The Labute approximate surface area is 102 Å². The van der Waals surface area contributed by atoms with E-state index in [9.17, 15) is 5.11 Å². The minimum Gasteiger partial charge on any atom is -0.487 e. The molecule has 4 nitrogen and oxygen atoms in total. The van der Waals surface area contributed by atoms with Gasteiger partial charge in [-0.05, 0) is 45.2 Å². The summed E-state index contributed by atoms with van der Waals surface area (Å²) in [6.07, 6.45) is 4.68. The highest BCUT2D eigenvalue weighted by Gasteiger charge is 2.34. The Morgan fingerprint density at radius 2 is 2.29 bits per heavy atom. The van der Waals surface area contributed by atoms with Crippen molar-refractivity contribution in [3.8, 4) is 5.75 Å². The van der Waals surface area contributed by atoms with Gasteiger partial charge in [0.05, 0.1) is 11.7 Å². The number of anilines is 1. The maximum absolute atomic E-state index is 10.0. The molecule has 2 rings (SSSR count). The third-order valence-corrected chi connectivity index (χ3v) is 3.00. The van der Waals surface area contributed by atoms with E-state index in [1.165, 1.54) is 0 Å². The van der Waals surface area contributed by atoms with Gasteiger partial charge in [-0.1, -0.05) is 0 Å². The van der Waals surface area contributed by atoms with Gasteiger partial charge in [-0.25, -0.2) is 4.98 Å². The molecule has 0 aliphatic heterocycles. The van der Waals surface area contributed by atoms with Crippen LogP contribution in [-0.4, -0.2) is 28.3 Å². The van der Waals surface area contributed by atoms with Crippen LogP contribution in [0.5, 0.6) is 5.75 Å². The minimum atomic E-state index is -0.549. The first-order valence-corrected chi connectivity index (χ1v) is 6.17. The molecule has 1 aromatic rings. The predicted molar refractivity (Wildman–Crippen MR) is 67.3 cm³/mol. The average Bonchev–Trinajstić information content (AvgIpc) is 2.25. The molecule has 0 unspecified atom stereocenters. The zero-order valence-electron chi connectivity index (χ0n) is 10.4. The van der Waals surface area contributed by atoms with Gasteiger partial charge in [-0.15, -0.1) is 0 Å². The largest absolute Gasteiger partial charge is 0.487 e. The van der Waals surface area contributed by atoms with Gasteiger partial charge in [0.2, 0.25) is 0 Å². The first kappa shape index (κ1) is 12.2. The highest BCUT2D eigenvalue weighted by atomic mass is 16.5. The van der Waals surface area contributed by atoms with Gasteiger partial charge in [-0.2, -0.15) is 0 Å². The second-order valence-corrected chi connectivity index (χ2v) is 4.95. The number of nitrogens with one attached hydrogen (secondary N) is 1. The second kappa shape index (κ2) is 4.92. The summed E-state index contributed by atoms with van der Waals surface area (Å²) in [5.74, 6) is 1.45. The molecule has 1 aliphatic carbocycles. The van der Waals surface area contributed by atoms with Crippen molar-refractivity contribution in [2.75, 3.05) is 11.9 Å². The summed E-state index contributed by atoms with van der Waals surface area (Å²) >= 11 is 0. The first-order valence-electron chi connectivity index (χ1n) is 6.17. The van der Waals surface area contributed by atoms with Crippen LogP contribution in [0.1, 0.15) is 33.1 Å². The normalized spacial score (nSPS) is 17.6. The summed E-state index contributed by atoms with van der Waals surface area (Å²) in [5, 5.41) is 13.2. The number of hydrogen-bond donors (Lipinski definition) is 2. The van der Waals surface area contributed by atoms with Crippen molar-refractivity contribution in [2.24, 2.45) is 0 Å². The Bertz CT molecular complexity index is 375. The van der Waals surface area contributed by atoms with Crippen molar-refractivity contribution in [1.82, 2.24) is 4.98 Å². The number of ether oxygens (including phenoxy) is 1. The molecule has 94 valence electrons. The molecule has 1 heterocycles. The molecule has 0 bridgehead atoms. The quantitative estimate of drug-likeness (QED) is 0.823. The summed E-state index contributed by atoms with van der Waals surface area (Å²) in [6.45, 7) is 4.50. The third-order valence-electron chi connectivity index (χ3n) is 3.00. The Morgan fingerprint density at radius 3 is 2.88 bits per heavy atom. The van der Waals surface area contributed by atoms with Gasteiger partial charge in [0.1, 0.15) is 0 Å². The van der Waals surface area contributed by atoms with Gasteiger partial charge < -0.3 is 15.2 Å². The Morgan fingerprint density at radius 1 is 1.53 bits per heavy atom. The maximum atomic E-state index is 10.0. The van der Waals surface area contributed by atoms with Crippen LogP contribution in [0.3, 0.4) is 0 Å². The molecular formula is C13H20N2O2. The van der Waals surface area contributed by atoms with Crippen LogP contribution in [0.4, 0.5) is 5.82 Å². The smallest absolute Gasteiger partial charge is 0.168 e. The van der Waals surface area contributed by atoms with Crippen molar-refractivity contribution in [1.29, 1.82) is 0 Å². The lowest BCUT2D eigenvalue weighted by Gasteiger charge is -2.36. The van der Waals surface area contributed by atoms with Gasteiger partial charge in [0.25, 0.3) is 0 Å².